The molecule has 0 atom stereocenters. The molecule has 0 saturated carbocycles. The Morgan fingerprint density at radius 2 is 0.889 bits per heavy atom. The lowest BCUT2D eigenvalue weighted by Gasteiger charge is -2.28. The first-order valence-electron chi connectivity index (χ1n) is 9.96. The summed E-state index contributed by atoms with van der Waals surface area (Å²) < 4.78 is 32.8. The van der Waals surface area contributed by atoms with E-state index in [4.69, 9.17) is 38.0 Å². The summed E-state index contributed by atoms with van der Waals surface area (Å²) >= 11 is 0. The molecule has 166 valence electrons. The van der Waals surface area contributed by atoms with Crippen LogP contribution < -0.4 is 11.5 Å². The molecule has 0 rings (SSSR count). The Morgan fingerprint density at radius 3 is 1.15 bits per heavy atom. The number of rotatable bonds is 17. The summed E-state index contributed by atoms with van der Waals surface area (Å²) in [4.78, 5) is 0. The van der Waals surface area contributed by atoms with Crippen LogP contribution in [0.4, 0.5) is 0 Å². The van der Waals surface area contributed by atoms with Crippen molar-refractivity contribution in [2.75, 3.05) is 54.2 Å². The van der Waals surface area contributed by atoms with Crippen LogP contribution in [0.15, 0.2) is 0 Å². The Bertz CT molecular complexity index is 288. The van der Waals surface area contributed by atoms with Gasteiger partial charge in [-0.2, -0.15) is 0 Å². The minimum absolute atomic E-state index is 0.648. The SMILES string of the molecule is CCO[Si](CCCCN)(OCC)OCC.CO[Si](CCCCN)(OC)OC. The van der Waals surface area contributed by atoms with Crippen LogP contribution >= 0.6 is 0 Å². The second-order valence-corrected chi connectivity index (χ2v) is 11.6. The van der Waals surface area contributed by atoms with E-state index in [0.717, 1.165) is 44.3 Å². The standard InChI is InChI=1S/C10H25NO3Si.C7H19NO3Si/c1-4-12-15(13-5-2,14-6-3)10-8-7-9-11;1-9-12(10-2,11-3)7-5-4-6-8/h4-11H2,1-3H3;4-8H2,1-3H3. The molecule has 8 nitrogen and oxygen atoms in total. The van der Waals surface area contributed by atoms with Crippen molar-refractivity contribution < 1.29 is 26.6 Å². The molecule has 0 aromatic carbocycles. The lowest BCUT2D eigenvalue weighted by Crippen LogP contribution is -2.45. The number of hydrogen-bond donors (Lipinski definition) is 2. The van der Waals surface area contributed by atoms with Crippen LogP contribution in [-0.4, -0.2) is 71.8 Å². The molecule has 0 bridgehead atoms. The van der Waals surface area contributed by atoms with Gasteiger partial charge in [0.05, 0.1) is 0 Å². The van der Waals surface area contributed by atoms with E-state index in [-0.39, 0.29) is 0 Å². The lowest BCUT2D eigenvalue weighted by molar-refractivity contribution is 0.0707. The van der Waals surface area contributed by atoms with Gasteiger partial charge < -0.3 is 38.0 Å². The zero-order chi connectivity index (χ0) is 21.0. The fourth-order valence-corrected chi connectivity index (χ4v) is 7.01. The zero-order valence-electron chi connectivity index (χ0n) is 18.4. The average molecular weight is 429 g/mol. The van der Waals surface area contributed by atoms with Crippen LogP contribution in [0.5, 0.6) is 0 Å². The Hall–Kier alpha value is 0.114. The normalized spacial score (nSPS) is 12.0. The van der Waals surface area contributed by atoms with Gasteiger partial charge in [0.15, 0.2) is 0 Å². The second-order valence-electron chi connectivity index (χ2n) is 5.77. The van der Waals surface area contributed by atoms with Crippen LogP contribution in [0.2, 0.25) is 12.1 Å². The quantitative estimate of drug-likeness (QED) is 0.268. The fourth-order valence-electron chi connectivity index (χ4n) is 2.53. The third kappa shape index (κ3) is 13.8. The van der Waals surface area contributed by atoms with Crippen molar-refractivity contribution in [1.29, 1.82) is 0 Å². The van der Waals surface area contributed by atoms with E-state index in [1.54, 1.807) is 21.3 Å². The Labute approximate surface area is 168 Å². The summed E-state index contributed by atoms with van der Waals surface area (Å²) in [7, 11) is 0.181. The molecule has 0 amide bonds. The summed E-state index contributed by atoms with van der Waals surface area (Å²) in [5.74, 6) is 0. The largest absolute Gasteiger partial charge is 0.500 e. The highest BCUT2D eigenvalue weighted by molar-refractivity contribution is 6.61. The van der Waals surface area contributed by atoms with Crippen molar-refractivity contribution in [2.24, 2.45) is 11.5 Å². The van der Waals surface area contributed by atoms with Gasteiger partial charge in [0, 0.05) is 53.2 Å². The molecular formula is C17H44N2O6Si2. The lowest BCUT2D eigenvalue weighted by atomic mass is 10.3. The predicted octanol–water partition coefficient (Wildman–Crippen LogP) is 2.38. The first kappa shape index (κ1) is 29.3. The van der Waals surface area contributed by atoms with E-state index in [1.165, 1.54) is 0 Å². The van der Waals surface area contributed by atoms with Gasteiger partial charge in [0.25, 0.3) is 0 Å². The van der Waals surface area contributed by atoms with Crippen LogP contribution in [0, 0.1) is 0 Å². The first-order valence-corrected chi connectivity index (χ1v) is 13.8. The van der Waals surface area contributed by atoms with Crippen molar-refractivity contribution in [3.8, 4) is 0 Å². The molecule has 0 aromatic heterocycles. The van der Waals surface area contributed by atoms with E-state index in [2.05, 4.69) is 0 Å². The summed E-state index contributed by atoms with van der Waals surface area (Å²) in [5, 5.41) is 0. The van der Waals surface area contributed by atoms with Crippen molar-refractivity contribution >= 4 is 17.6 Å². The molecule has 0 radical (unpaired) electrons. The maximum Gasteiger partial charge on any atom is 0.500 e. The van der Waals surface area contributed by atoms with Gasteiger partial charge in [-0.25, -0.2) is 0 Å². The first-order chi connectivity index (χ1) is 13.0. The van der Waals surface area contributed by atoms with Gasteiger partial charge in [-0.3, -0.25) is 0 Å². The highest BCUT2D eigenvalue weighted by atomic mass is 28.4. The summed E-state index contributed by atoms with van der Waals surface area (Å²) in [5.41, 5.74) is 10.8. The number of nitrogens with two attached hydrogens (primary N) is 2. The van der Waals surface area contributed by atoms with Crippen molar-refractivity contribution in [1.82, 2.24) is 0 Å². The third-order valence-electron chi connectivity index (χ3n) is 3.90. The number of hydrogen-bond acceptors (Lipinski definition) is 8. The van der Waals surface area contributed by atoms with Gasteiger partial charge in [0.1, 0.15) is 0 Å². The molecule has 0 fully saturated rings. The molecular weight excluding hydrogens is 384 g/mol. The maximum atomic E-state index is 5.71. The number of unbranched alkanes of at least 4 members (excludes halogenated alkanes) is 2. The molecule has 27 heavy (non-hydrogen) atoms. The van der Waals surface area contributed by atoms with Crippen molar-refractivity contribution in [3.05, 3.63) is 0 Å². The average Bonchev–Trinajstić information content (AvgIpc) is 2.67. The Balaban J connectivity index is 0. The smallest absolute Gasteiger partial charge is 0.377 e. The Kier molecular flexibility index (Phi) is 21.1. The van der Waals surface area contributed by atoms with E-state index in [9.17, 15) is 0 Å². The molecule has 0 unspecified atom stereocenters. The topological polar surface area (TPSA) is 107 Å². The van der Waals surface area contributed by atoms with E-state index in [0.29, 0.717) is 26.4 Å². The highest BCUT2D eigenvalue weighted by Gasteiger charge is 2.39. The van der Waals surface area contributed by atoms with Crippen molar-refractivity contribution in [2.45, 2.75) is 58.5 Å². The van der Waals surface area contributed by atoms with Crippen LogP contribution in [0.3, 0.4) is 0 Å². The van der Waals surface area contributed by atoms with E-state index in [1.807, 2.05) is 20.8 Å². The molecule has 10 heteroatoms. The van der Waals surface area contributed by atoms with Gasteiger partial charge in [-0.15, -0.1) is 0 Å². The summed E-state index contributed by atoms with van der Waals surface area (Å²) in [6.45, 7) is 9.29. The van der Waals surface area contributed by atoms with Crippen LogP contribution in [0.25, 0.3) is 0 Å². The molecule has 4 N–H and O–H groups in total. The molecule has 0 heterocycles. The molecule has 0 aliphatic heterocycles. The second kappa shape index (κ2) is 19.4. The van der Waals surface area contributed by atoms with Gasteiger partial charge >= 0.3 is 17.6 Å². The van der Waals surface area contributed by atoms with Gasteiger partial charge in [-0.1, -0.05) is 0 Å². The zero-order valence-corrected chi connectivity index (χ0v) is 20.4. The van der Waals surface area contributed by atoms with E-state index < -0.39 is 17.6 Å². The van der Waals surface area contributed by atoms with Gasteiger partial charge in [-0.05, 0) is 59.5 Å². The van der Waals surface area contributed by atoms with Crippen LogP contribution in [0.1, 0.15) is 46.5 Å². The fraction of sp³-hybridized carbons (Fsp3) is 1.00. The Morgan fingerprint density at radius 1 is 0.556 bits per heavy atom. The monoisotopic (exact) mass is 428 g/mol. The molecule has 0 aromatic rings. The maximum absolute atomic E-state index is 5.71. The minimum atomic E-state index is -2.39. The van der Waals surface area contributed by atoms with E-state index >= 15 is 0 Å². The molecule has 0 aliphatic carbocycles. The predicted molar refractivity (Wildman–Crippen MR) is 114 cm³/mol. The third-order valence-corrected chi connectivity index (χ3v) is 9.88. The summed E-state index contributed by atoms with van der Waals surface area (Å²) in [6.07, 6.45) is 4.01. The van der Waals surface area contributed by atoms with Crippen molar-refractivity contribution in [3.63, 3.8) is 0 Å². The molecule has 0 aliphatic rings. The van der Waals surface area contributed by atoms with Crippen LogP contribution in [-0.2, 0) is 26.6 Å². The molecule has 0 spiro atoms. The summed E-state index contributed by atoms with van der Waals surface area (Å²) in [6, 6.07) is 1.72. The molecule has 0 saturated heterocycles. The highest BCUT2D eigenvalue weighted by Crippen LogP contribution is 2.19. The van der Waals surface area contributed by atoms with Gasteiger partial charge in [0.2, 0.25) is 0 Å². The minimum Gasteiger partial charge on any atom is -0.377 e.